The molecule has 0 amide bonds. The molecule has 4 nitrogen and oxygen atoms in total. The lowest BCUT2D eigenvalue weighted by molar-refractivity contribution is 0.580. The molecule has 1 aromatic carbocycles. The van der Waals surface area contributed by atoms with Crippen LogP contribution in [0.3, 0.4) is 0 Å². The Morgan fingerprint density at radius 2 is 2.05 bits per heavy atom. The normalized spacial score (nSPS) is 22.8. The van der Waals surface area contributed by atoms with Crippen molar-refractivity contribution < 1.29 is 8.42 Å². The van der Waals surface area contributed by atoms with Crippen LogP contribution in [-0.2, 0) is 9.84 Å². The molecule has 0 bridgehead atoms. The molecule has 0 aliphatic carbocycles. The van der Waals surface area contributed by atoms with Gasteiger partial charge in [-0.05, 0) is 24.5 Å². The summed E-state index contributed by atoms with van der Waals surface area (Å²) in [5.74, 6) is 0.694. The van der Waals surface area contributed by atoms with Crippen LogP contribution < -0.4 is 0 Å². The second-order valence-electron chi connectivity index (χ2n) is 5.12. The lowest BCUT2D eigenvalue weighted by Gasteiger charge is -2.13. The Bertz CT molecular complexity index is 697. The van der Waals surface area contributed by atoms with Gasteiger partial charge < -0.3 is 0 Å². The fourth-order valence-corrected chi connectivity index (χ4v) is 5.30. The van der Waals surface area contributed by atoms with Gasteiger partial charge in [-0.15, -0.1) is 0 Å². The number of halogens is 1. The van der Waals surface area contributed by atoms with Gasteiger partial charge in [-0.1, -0.05) is 34.1 Å². The number of benzene rings is 1. The summed E-state index contributed by atoms with van der Waals surface area (Å²) in [7, 11) is -2.85. The van der Waals surface area contributed by atoms with Crippen molar-refractivity contribution in [3.63, 3.8) is 0 Å². The van der Waals surface area contributed by atoms with Crippen LogP contribution in [0.4, 0.5) is 0 Å². The summed E-state index contributed by atoms with van der Waals surface area (Å²) >= 11 is 3.63. The van der Waals surface area contributed by atoms with Crippen LogP contribution in [0.2, 0.25) is 0 Å². The predicted octanol–water partition coefficient (Wildman–Crippen LogP) is 2.74. The third-order valence-electron chi connectivity index (χ3n) is 3.62. The van der Waals surface area contributed by atoms with Crippen LogP contribution in [0.25, 0.3) is 5.69 Å². The first-order valence-corrected chi connectivity index (χ1v) is 9.23. The van der Waals surface area contributed by atoms with E-state index in [4.69, 9.17) is 0 Å². The van der Waals surface area contributed by atoms with Crippen molar-refractivity contribution in [3.05, 3.63) is 48.3 Å². The van der Waals surface area contributed by atoms with Crippen molar-refractivity contribution in [1.29, 1.82) is 0 Å². The first-order valence-electron chi connectivity index (χ1n) is 6.50. The second-order valence-corrected chi connectivity index (χ2v) is 8.33. The Kier molecular flexibility index (Phi) is 3.69. The van der Waals surface area contributed by atoms with Crippen LogP contribution in [0.5, 0.6) is 0 Å². The molecule has 0 N–H and O–H groups in total. The minimum atomic E-state index is -2.85. The smallest absolute Gasteiger partial charge is 0.150 e. The topological polar surface area (TPSA) is 52.0 Å². The number of hydrogen-bond acceptors (Lipinski definition) is 3. The first kappa shape index (κ1) is 13.8. The van der Waals surface area contributed by atoms with Gasteiger partial charge in [0.05, 0.1) is 23.4 Å². The van der Waals surface area contributed by atoms with E-state index in [2.05, 4.69) is 21.0 Å². The fourth-order valence-electron chi connectivity index (χ4n) is 2.53. The van der Waals surface area contributed by atoms with Gasteiger partial charge in [0.25, 0.3) is 0 Å². The van der Waals surface area contributed by atoms with Crippen LogP contribution in [0.1, 0.15) is 16.8 Å². The molecule has 1 saturated heterocycles. The van der Waals surface area contributed by atoms with E-state index in [1.807, 2.05) is 41.2 Å². The molecule has 6 heteroatoms. The summed E-state index contributed by atoms with van der Waals surface area (Å²) in [6, 6.07) is 9.86. The van der Waals surface area contributed by atoms with Crippen LogP contribution in [0.15, 0.2) is 42.7 Å². The molecule has 0 saturated carbocycles. The quantitative estimate of drug-likeness (QED) is 0.796. The molecular formula is C14H15BrN2O2S. The zero-order chi connectivity index (χ0) is 14.2. The molecule has 106 valence electrons. The summed E-state index contributed by atoms with van der Waals surface area (Å²) in [6.45, 7) is 0. The number of alkyl halides is 1. The van der Waals surface area contributed by atoms with Crippen molar-refractivity contribution in [3.8, 4) is 5.69 Å². The van der Waals surface area contributed by atoms with Crippen molar-refractivity contribution >= 4 is 25.8 Å². The van der Waals surface area contributed by atoms with Gasteiger partial charge in [-0.3, -0.25) is 0 Å². The van der Waals surface area contributed by atoms with Gasteiger partial charge in [0.15, 0.2) is 9.84 Å². The van der Waals surface area contributed by atoms with Crippen LogP contribution >= 0.6 is 15.9 Å². The number of aromatic nitrogens is 2. The maximum Gasteiger partial charge on any atom is 0.150 e. The molecule has 2 heterocycles. The van der Waals surface area contributed by atoms with E-state index in [1.54, 1.807) is 6.20 Å². The Labute approximate surface area is 126 Å². The lowest BCUT2D eigenvalue weighted by atomic mass is 10.0. The van der Waals surface area contributed by atoms with Gasteiger partial charge in [0.2, 0.25) is 0 Å². The molecule has 2 unspecified atom stereocenters. The zero-order valence-corrected chi connectivity index (χ0v) is 13.2. The minimum absolute atomic E-state index is 0.0391. The molecule has 1 aliphatic heterocycles. The van der Waals surface area contributed by atoms with E-state index >= 15 is 0 Å². The predicted molar refractivity (Wildman–Crippen MR) is 82.0 cm³/mol. The Morgan fingerprint density at radius 1 is 1.30 bits per heavy atom. The van der Waals surface area contributed by atoms with Crippen LogP contribution in [-0.4, -0.2) is 29.7 Å². The number of para-hydroxylation sites is 1. The van der Waals surface area contributed by atoms with Crippen molar-refractivity contribution in [2.45, 2.75) is 11.2 Å². The molecule has 0 spiro atoms. The Morgan fingerprint density at radius 3 is 2.70 bits per heavy atom. The molecular weight excluding hydrogens is 340 g/mol. The first-order chi connectivity index (χ1) is 9.55. The summed E-state index contributed by atoms with van der Waals surface area (Å²) < 4.78 is 24.9. The molecule has 1 fully saturated rings. The highest BCUT2D eigenvalue weighted by Gasteiger charge is 2.33. The van der Waals surface area contributed by atoms with E-state index in [0.717, 1.165) is 17.7 Å². The van der Waals surface area contributed by atoms with Crippen molar-refractivity contribution in [2.75, 3.05) is 11.5 Å². The number of hydrogen-bond donors (Lipinski definition) is 0. The molecule has 2 aromatic rings. The Balaban J connectivity index is 1.80. The highest BCUT2D eigenvalue weighted by molar-refractivity contribution is 9.09. The van der Waals surface area contributed by atoms with E-state index in [-0.39, 0.29) is 16.5 Å². The average molecular weight is 355 g/mol. The van der Waals surface area contributed by atoms with E-state index < -0.39 is 9.84 Å². The SMILES string of the molecule is O=S1(=O)CCC(C(Br)c2cnn(-c3ccccc3)c2)C1. The standard InChI is InChI=1S/C14H15BrN2O2S/c15-14(11-6-7-20(18,19)10-11)12-8-16-17(9-12)13-4-2-1-3-5-13/h1-5,8-9,11,14H,6-7,10H2. The maximum absolute atomic E-state index is 11.6. The number of nitrogens with zero attached hydrogens (tertiary/aromatic N) is 2. The molecule has 1 aromatic heterocycles. The molecule has 20 heavy (non-hydrogen) atoms. The zero-order valence-electron chi connectivity index (χ0n) is 10.8. The molecule has 3 rings (SSSR count). The maximum atomic E-state index is 11.6. The summed E-state index contributed by atoms with van der Waals surface area (Å²) in [5.41, 5.74) is 2.02. The number of rotatable bonds is 3. The van der Waals surface area contributed by atoms with Gasteiger partial charge >= 0.3 is 0 Å². The summed E-state index contributed by atoms with van der Waals surface area (Å²) in [5, 5.41) is 4.35. The number of sulfone groups is 1. The highest BCUT2D eigenvalue weighted by atomic mass is 79.9. The van der Waals surface area contributed by atoms with Gasteiger partial charge in [0, 0.05) is 16.6 Å². The monoisotopic (exact) mass is 354 g/mol. The Hall–Kier alpha value is -1.14. The van der Waals surface area contributed by atoms with Gasteiger partial charge in [0.1, 0.15) is 0 Å². The molecule has 0 radical (unpaired) electrons. The van der Waals surface area contributed by atoms with Crippen molar-refractivity contribution in [2.24, 2.45) is 5.92 Å². The largest absolute Gasteiger partial charge is 0.241 e. The minimum Gasteiger partial charge on any atom is -0.241 e. The van der Waals surface area contributed by atoms with Crippen LogP contribution in [0, 0.1) is 5.92 Å². The lowest BCUT2D eigenvalue weighted by Crippen LogP contribution is -2.09. The van der Waals surface area contributed by atoms with E-state index in [1.165, 1.54) is 0 Å². The summed E-state index contributed by atoms with van der Waals surface area (Å²) in [4.78, 5) is 0.0391. The van der Waals surface area contributed by atoms with Gasteiger partial charge in [-0.2, -0.15) is 5.10 Å². The molecule has 1 aliphatic rings. The third kappa shape index (κ3) is 2.81. The van der Waals surface area contributed by atoms with E-state index in [0.29, 0.717) is 5.75 Å². The average Bonchev–Trinajstić information content (AvgIpc) is 3.05. The highest BCUT2D eigenvalue weighted by Crippen LogP contribution is 2.37. The fraction of sp³-hybridized carbons (Fsp3) is 0.357. The summed E-state index contributed by atoms with van der Waals surface area (Å²) in [6.07, 6.45) is 4.48. The van der Waals surface area contributed by atoms with Crippen molar-refractivity contribution in [1.82, 2.24) is 9.78 Å². The van der Waals surface area contributed by atoms with Gasteiger partial charge in [-0.25, -0.2) is 13.1 Å². The third-order valence-corrected chi connectivity index (χ3v) is 6.69. The second kappa shape index (κ2) is 5.33. The van der Waals surface area contributed by atoms with E-state index in [9.17, 15) is 8.42 Å². The molecule has 2 atom stereocenters.